The molecule has 0 unspecified atom stereocenters. The van der Waals surface area contributed by atoms with Gasteiger partial charge in [0.2, 0.25) is 5.95 Å². The number of halogens is 1. The zero-order valence-corrected chi connectivity index (χ0v) is 16.9. The first-order valence-electron chi connectivity index (χ1n) is 10.3. The van der Waals surface area contributed by atoms with Gasteiger partial charge in [-0.1, -0.05) is 26.0 Å². The number of H-pyrrole nitrogens is 1. The van der Waals surface area contributed by atoms with Crippen molar-refractivity contribution in [1.82, 2.24) is 20.2 Å². The molecule has 1 aliphatic carbocycles. The van der Waals surface area contributed by atoms with Crippen LogP contribution < -0.4 is 16.4 Å². The summed E-state index contributed by atoms with van der Waals surface area (Å²) in [6.07, 6.45) is 4.04. The Morgan fingerprint density at radius 2 is 1.97 bits per heavy atom. The summed E-state index contributed by atoms with van der Waals surface area (Å²) in [5.41, 5.74) is 9.35. The van der Waals surface area contributed by atoms with E-state index in [9.17, 15) is 4.39 Å². The van der Waals surface area contributed by atoms with Gasteiger partial charge in [-0.25, -0.2) is 9.37 Å². The van der Waals surface area contributed by atoms with Crippen LogP contribution in [0.5, 0.6) is 0 Å². The smallest absolute Gasteiger partial charge is 0.225 e. The first-order valence-corrected chi connectivity index (χ1v) is 10.3. The predicted molar refractivity (Wildman–Crippen MR) is 113 cm³/mol. The van der Waals surface area contributed by atoms with Crippen LogP contribution in [0.25, 0.3) is 11.0 Å². The van der Waals surface area contributed by atoms with E-state index in [1.54, 1.807) is 6.07 Å². The molecule has 0 radical (unpaired) electrons. The zero-order valence-electron chi connectivity index (χ0n) is 16.9. The number of aromatic nitrogens is 4. The lowest BCUT2D eigenvalue weighted by atomic mass is 9.92. The molecule has 0 atom stereocenters. The fraction of sp³-hybridized carbons (Fsp3) is 0.476. The third-order valence-electron chi connectivity index (χ3n) is 5.46. The van der Waals surface area contributed by atoms with E-state index in [0.29, 0.717) is 35.9 Å². The van der Waals surface area contributed by atoms with Crippen LogP contribution in [-0.2, 0) is 6.54 Å². The lowest BCUT2D eigenvalue weighted by Gasteiger charge is -2.26. The third kappa shape index (κ3) is 4.48. The number of nitrogens with two attached hydrogens (primary N) is 1. The van der Waals surface area contributed by atoms with Crippen LogP contribution >= 0.6 is 0 Å². The van der Waals surface area contributed by atoms with Crippen LogP contribution in [0.15, 0.2) is 24.3 Å². The number of hydrogen-bond donors (Lipinski definition) is 4. The fourth-order valence-electron chi connectivity index (χ4n) is 3.79. The molecule has 1 fully saturated rings. The lowest BCUT2D eigenvalue weighted by molar-refractivity contribution is 0.410. The van der Waals surface area contributed by atoms with Gasteiger partial charge in [-0.15, -0.1) is 0 Å². The second kappa shape index (κ2) is 8.32. The molecule has 2 heterocycles. The van der Waals surface area contributed by atoms with Crippen molar-refractivity contribution in [1.29, 1.82) is 0 Å². The largest absolute Gasteiger partial charge is 0.364 e. The summed E-state index contributed by atoms with van der Waals surface area (Å²) in [7, 11) is 0. The van der Waals surface area contributed by atoms with E-state index in [4.69, 9.17) is 10.7 Å². The molecule has 0 aliphatic heterocycles. The maximum absolute atomic E-state index is 13.5. The molecule has 1 aliphatic rings. The Kier molecular flexibility index (Phi) is 5.62. The number of nitrogens with zero attached hydrogens (tertiary/aromatic N) is 3. The molecule has 0 bridgehead atoms. The number of rotatable bonds is 6. The molecule has 4 rings (SSSR count). The van der Waals surface area contributed by atoms with Crippen molar-refractivity contribution in [3.63, 3.8) is 0 Å². The number of benzene rings is 1. The second-order valence-corrected chi connectivity index (χ2v) is 8.12. The van der Waals surface area contributed by atoms with Gasteiger partial charge >= 0.3 is 0 Å². The highest BCUT2D eigenvalue weighted by Gasteiger charge is 2.21. The van der Waals surface area contributed by atoms with Gasteiger partial charge in [-0.05, 0) is 49.3 Å². The van der Waals surface area contributed by atoms with E-state index in [0.717, 1.165) is 42.5 Å². The van der Waals surface area contributed by atoms with Crippen LogP contribution in [0.1, 0.15) is 56.7 Å². The second-order valence-electron chi connectivity index (χ2n) is 8.12. The molecular formula is C21H28FN7. The van der Waals surface area contributed by atoms with Crippen LogP contribution in [0.3, 0.4) is 0 Å². The van der Waals surface area contributed by atoms with Gasteiger partial charge in [0.05, 0.1) is 5.69 Å². The summed E-state index contributed by atoms with van der Waals surface area (Å²) >= 11 is 0. The van der Waals surface area contributed by atoms with E-state index >= 15 is 0 Å². The minimum Gasteiger partial charge on any atom is -0.364 e. The van der Waals surface area contributed by atoms with Gasteiger partial charge in [-0.2, -0.15) is 10.1 Å². The summed E-state index contributed by atoms with van der Waals surface area (Å²) in [4.78, 5) is 9.44. The Morgan fingerprint density at radius 3 is 2.69 bits per heavy atom. The van der Waals surface area contributed by atoms with E-state index < -0.39 is 0 Å². The van der Waals surface area contributed by atoms with Crippen LogP contribution in [0, 0.1) is 5.82 Å². The van der Waals surface area contributed by atoms with Crippen molar-refractivity contribution < 1.29 is 4.39 Å². The van der Waals surface area contributed by atoms with E-state index in [1.165, 1.54) is 12.1 Å². The van der Waals surface area contributed by atoms with Crippen molar-refractivity contribution in [2.45, 2.75) is 64.1 Å². The van der Waals surface area contributed by atoms with Crippen LogP contribution in [0.4, 0.5) is 16.2 Å². The van der Waals surface area contributed by atoms with Gasteiger partial charge < -0.3 is 16.4 Å². The molecule has 3 aromatic rings. The molecule has 1 aromatic carbocycles. The number of fused-ring (bicyclic) bond motifs is 1. The Labute approximate surface area is 169 Å². The Hall–Kier alpha value is -2.74. The van der Waals surface area contributed by atoms with Crippen molar-refractivity contribution in [3.05, 3.63) is 41.3 Å². The Balaban J connectivity index is 1.62. The van der Waals surface area contributed by atoms with E-state index in [1.807, 2.05) is 6.07 Å². The Bertz CT molecular complexity index is 976. The summed E-state index contributed by atoms with van der Waals surface area (Å²) in [6, 6.07) is 7.14. The fourth-order valence-corrected chi connectivity index (χ4v) is 3.79. The van der Waals surface area contributed by atoms with Gasteiger partial charge in [0.15, 0.2) is 11.3 Å². The summed E-state index contributed by atoms with van der Waals surface area (Å²) in [5.74, 6) is 1.23. The molecule has 0 spiro atoms. The zero-order chi connectivity index (χ0) is 20.4. The van der Waals surface area contributed by atoms with Crippen molar-refractivity contribution in [2.75, 3.05) is 10.6 Å². The molecule has 29 heavy (non-hydrogen) atoms. The van der Waals surface area contributed by atoms with Gasteiger partial charge in [0, 0.05) is 18.6 Å². The molecule has 2 aromatic heterocycles. The standard InChI is InChI=1S/C21H28FN7/c1-12(2)17-18-19(29-28-17)20(24-11-13-4-3-5-14(22)10-13)27-21(26-18)25-16-8-6-15(23)7-9-16/h3-5,10,12,15-16H,6-9,11,23H2,1-2H3,(H,28,29)(H2,24,25,26,27). The van der Waals surface area contributed by atoms with Crippen LogP contribution in [0.2, 0.25) is 0 Å². The average Bonchev–Trinajstić information content (AvgIpc) is 3.12. The maximum atomic E-state index is 13.5. The van der Waals surface area contributed by atoms with Gasteiger partial charge in [0.1, 0.15) is 11.3 Å². The number of nitrogens with one attached hydrogen (secondary N) is 3. The van der Waals surface area contributed by atoms with Crippen molar-refractivity contribution in [3.8, 4) is 0 Å². The highest BCUT2D eigenvalue weighted by molar-refractivity contribution is 5.88. The number of aromatic amines is 1. The summed E-state index contributed by atoms with van der Waals surface area (Å²) in [6.45, 7) is 4.65. The normalized spacial score (nSPS) is 19.6. The quantitative estimate of drug-likeness (QED) is 0.503. The molecular weight excluding hydrogens is 369 g/mol. The van der Waals surface area contributed by atoms with Gasteiger partial charge in [-0.3, -0.25) is 5.10 Å². The maximum Gasteiger partial charge on any atom is 0.225 e. The minimum absolute atomic E-state index is 0.253. The van der Waals surface area contributed by atoms with Crippen molar-refractivity contribution >= 4 is 22.8 Å². The third-order valence-corrected chi connectivity index (χ3v) is 5.46. The molecule has 8 heteroatoms. The molecule has 0 amide bonds. The summed E-state index contributed by atoms with van der Waals surface area (Å²) < 4.78 is 13.5. The van der Waals surface area contributed by atoms with Gasteiger partial charge in [0.25, 0.3) is 0 Å². The number of hydrogen-bond acceptors (Lipinski definition) is 6. The molecule has 7 nitrogen and oxygen atoms in total. The first kappa shape index (κ1) is 19.6. The molecule has 154 valence electrons. The molecule has 0 saturated heterocycles. The minimum atomic E-state index is -0.253. The van der Waals surface area contributed by atoms with Crippen molar-refractivity contribution in [2.24, 2.45) is 5.73 Å². The Morgan fingerprint density at radius 1 is 1.17 bits per heavy atom. The van der Waals surface area contributed by atoms with E-state index in [2.05, 4.69) is 39.7 Å². The molecule has 1 saturated carbocycles. The van der Waals surface area contributed by atoms with E-state index in [-0.39, 0.29) is 11.7 Å². The number of anilines is 2. The topological polar surface area (TPSA) is 105 Å². The monoisotopic (exact) mass is 397 g/mol. The first-order chi connectivity index (χ1) is 14.0. The predicted octanol–water partition coefficient (Wildman–Crippen LogP) is 3.91. The lowest BCUT2D eigenvalue weighted by Crippen LogP contribution is -2.33. The van der Waals surface area contributed by atoms with Crippen LogP contribution in [-0.4, -0.2) is 32.2 Å². The molecule has 5 N–H and O–H groups in total. The SMILES string of the molecule is CC(C)c1[nH]nc2c(NCc3cccc(F)c3)nc(NC3CCC(N)CC3)nc12. The summed E-state index contributed by atoms with van der Waals surface area (Å²) in [5, 5.41) is 14.3. The highest BCUT2D eigenvalue weighted by Crippen LogP contribution is 2.28. The highest BCUT2D eigenvalue weighted by atomic mass is 19.1. The average molecular weight is 398 g/mol.